The molecule has 3 rings (SSSR count). The highest BCUT2D eigenvalue weighted by molar-refractivity contribution is 7.80. The molecule has 124 valence electrons. The van der Waals surface area contributed by atoms with Gasteiger partial charge in [0.05, 0.1) is 10.0 Å². The van der Waals surface area contributed by atoms with Crippen LogP contribution in [0.1, 0.15) is 11.5 Å². The van der Waals surface area contributed by atoms with E-state index < -0.39 is 0 Å². The average molecular weight is 383 g/mol. The molecule has 1 amide bonds. The van der Waals surface area contributed by atoms with Gasteiger partial charge in [-0.3, -0.25) is 9.69 Å². The van der Waals surface area contributed by atoms with Crippen LogP contribution in [0.25, 0.3) is 6.08 Å². The van der Waals surface area contributed by atoms with Gasteiger partial charge in [0.1, 0.15) is 23.8 Å². The predicted octanol–water partition coefficient (Wildman–Crippen LogP) is 3.85. The van der Waals surface area contributed by atoms with Crippen molar-refractivity contribution < 1.29 is 13.9 Å². The summed E-state index contributed by atoms with van der Waals surface area (Å²) in [6, 6.07) is 8.60. The Bertz CT molecular complexity index is 827. The maximum absolute atomic E-state index is 11.9. The first-order chi connectivity index (χ1) is 11.5. The Morgan fingerprint density at radius 1 is 1.29 bits per heavy atom. The Morgan fingerprint density at radius 2 is 2.00 bits per heavy atom. The zero-order valence-corrected chi connectivity index (χ0v) is 14.8. The molecule has 1 saturated heterocycles. The van der Waals surface area contributed by atoms with E-state index in [9.17, 15) is 4.79 Å². The number of nitrogens with zero attached hydrogens (tertiary/aromatic N) is 1. The largest absolute Gasteiger partial charge is 0.483 e. The minimum absolute atomic E-state index is 0.159. The van der Waals surface area contributed by atoms with Gasteiger partial charge in [0, 0.05) is 13.1 Å². The number of hydrogen-bond donors (Lipinski definition) is 1. The summed E-state index contributed by atoms with van der Waals surface area (Å²) in [5, 5.41) is 4.03. The summed E-state index contributed by atoms with van der Waals surface area (Å²) in [6.07, 6.45) is 1.59. The minimum atomic E-state index is -0.211. The van der Waals surface area contributed by atoms with Crippen molar-refractivity contribution in [2.45, 2.75) is 6.61 Å². The maximum Gasteiger partial charge on any atom is 0.276 e. The summed E-state index contributed by atoms with van der Waals surface area (Å²) in [6.45, 7) is 0.159. The van der Waals surface area contributed by atoms with Gasteiger partial charge in [-0.15, -0.1) is 0 Å². The average Bonchev–Trinajstić information content (AvgIpc) is 3.08. The van der Waals surface area contributed by atoms with E-state index in [0.29, 0.717) is 38.1 Å². The molecule has 2 aromatic rings. The molecule has 24 heavy (non-hydrogen) atoms. The van der Waals surface area contributed by atoms with E-state index in [4.69, 9.17) is 44.6 Å². The SMILES string of the molecule is CN1C(=O)/C(=C\c2ccc(COc3c(Cl)cccc3Cl)o2)NC1=S. The Kier molecular flexibility index (Phi) is 4.80. The Hall–Kier alpha value is -2.02. The summed E-state index contributed by atoms with van der Waals surface area (Å²) in [5.41, 5.74) is 0.360. The van der Waals surface area contributed by atoms with Crippen molar-refractivity contribution in [3.63, 3.8) is 0 Å². The van der Waals surface area contributed by atoms with Crippen LogP contribution < -0.4 is 10.1 Å². The first-order valence-electron chi connectivity index (χ1n) is 6.92. The van der Waals surface area contributed by atoms with Gasteiger partial charge < -0.3 is 14.5 Å². The van der Waals surface area contributed by atoms with E-state index in [-0.39, 0.29) is 12.5 Å². The van der Waals surface area contributed by atoms with E-state index in [1.807, 2.05) is 0 Å². The highest BCUT2D eigenvalue weighted by atomic mass is 35.5. The summed E-state index contributed by atoms with van der Waals surface area (Å²) < 4.78 is 11.2. The standard InChI is InChI=1S/C16H12Cl2N2O3S/c1-20-15(21)13(19-16(20)24)7-9-5-6-10(23-9)8-22-14-11(17)3-2-4-12(14)18/h2-7H,8H2,1H3,(H,19,24)/b13-7+. The number of rotatable bonds is 4. The number of halogens is 2. The molecule has 5 nitrogen and oxygen atoms in total. The molecule has 1 aliphatic heterocycles. The Morgan fingerprint density at radius 3 is 2.62 bits per heavy atom. The fourth-order valence-corrected chi connectivity index (χ4v) is 2.78. The van der Waals surface area contributed by atoms with E-state index >= 15 is 0 Å². The quantitative estimate of drug-likeness (QED) is 0.642. The van der Waals surface area contributed by atoms with Gasteiger partial charge in [-0.25, -0.2) is 0 Å². The summed E-state index contributed by atoms with van der Waals surface area (Å²) in [7, 11) is 1.60. The molecule has 1 N–H and O–H groups in total. The molecule has 1 aliphatic rings. The predicted molar refractivity (Wildman–Crippen MR) is 96.0 cm³/mol. The third kappa shape index (κ3) is 3.40. The normalized spacial score (nSPS) is 16.0. The summed E-state index contributed by atoms with van der Waals surface area (Å²) >= 11 is 17.1. The number of carbonyl (C=O) groups is 1. The van der Waals surface area contributed by atoms with Gasteiger partial charge in [0.15, 0.2) is 10.9 Å². The number of ether oxygens (including phenoxy) is 1. The Labute approximate surface area is 153 Å². The molecule has 0 radical (unpaired) electrons. The van der Waals surface area contributed by atoms with Crippen LogP contribution in [0.2, 0.25) is 10.0 Å². The van der Waals surface area contributed by atoms with Crippen LogP contribution in [0, 0.1) is 0 Å². The first kappa shape index (κ1) is 16.8. The molecule has 0 aliphatic carbocycles. The summed E-state index contributed by atoms with van der Waals surface area (Å²) in [4.78, 5) is 13.3. The molecule has 0 bridgehead atoms. The second-order valence-electron chi connectivity index (χ2n) is 5.00. The lowest BCUT2D eigenvalue weighted by molar-refractivity contribution is -0.121. The number of likely N-dealkylation sites (N-methyl/N-ethyl adjacent to an activating group) is 1. The lowest BCUT2D eigenvalue weighted by Crippen LogP contribution is -2.25. The molecule has 1 aromatic heterocycles. The molecule has 0 spiro atoms. The molecule has 1 aromatic carbocycles. The molecule has 0 unspecified atom stereocenters. The highest BCUT2D eigenvalue weighted by Crippen LogP contribution is 2.33. The van der Waals surface area contributed by atoms with Gasteiger partial charge in [-0.05, 0) is 36.5 Å². The zero-order chi connectivity index (χ0) is 17.3. The fourth-order valence-electron chi connectivity index (χ4n) is 2.08. The van der Waals surface area contributed by atoms with Crippen molar-refractivity contribution in [2.24, 2.45) is 0 Å². The topological polar surface area (TPSA) is 54.7 Å². The number of para-hydroxylation sites is 1. The van der Waals surface area contributed by atoms with E-state index in [1.165, 1.54) is 4.90 Å². The van der Waals surface area contributed by atoms with Crippen LogP contribution in [0.5, 0.6) is 5.75 Å². The van der Waals surface area contributed by atoms with E-state index in [1.54, 1.807) is 43.5 Å². The van der Waals surface area contributed by atoms with Crippen molar-refractivity contribution >= 4 is 52.5 Å². The monoisotopic (exact) mass is 382 g/mol. The summed E-state index contributed by atoms with van der Waals surface area (Å²) in [5.74, 6) is 1.26. The van der Waals surface area contributed by atoms with Gasteiger partial charge in [0.2, 0.25) is 0 Å². The molecular weight excluding hydrogens is 371 g/mol. The van der Waals surface area contributed by atoms with Gasteiger partial charge in [0.25, 0.3) is 5.91 Å². The van der Waals surface area contributed by atoms with E-state index in [2.05, 4.69) is 5.32 Å². The van der Waals surface area contributed by atoms with Crippen molar-refractivity contribution in [1.82, 2.24) is 10.2 Å². The molecule has 0 atom stereocenters. The number of amides is 1. The second-order valence-corrected chi connectivity index (χ2v) is 6.20. The number of furan rings is 1. The zero-order valence-electron chi connectivity index (χ0n) is 12.5. The van der Waals surface area contributed by atoms with Gasteiger partial charge in [-0.1, -0.05) is 29.3 Å². The molecule has 2 heterocycles. The van der Waals surface area contributed by atoms with Crippen LogP contribution in [-0.2, 0) is 11.4 Å². The van der Waals surface area contributed by atoms with Crippen LogP contribution in [0.15, 0.2) is 40.4 Å². The number of carbonyl (C=O) groups excluding carboxylic acids is 1. The molecule has 8 heteroatoms. The minimum Gasteiger partial charge on any atom is -0.483 e. The van der Waals surface area contributed by atoms with Crippen molar-refractivity contribution in [1.29, 1.82) is 0 Å². The van der Waals surface area contributed by atoms with Crippen LogP contribution >= 0.6 is 35.4 Å². The number of thiocarbonyl (C=S) groups is 1. The van der Waals surface area contributed by atoms with Crippen molar-refractivity contribution in [2.75, 3.05) is 7.05 Å². The van der Waals surface area contributed by atoms with Crippen LogP contribution in [0.3, 0.4) is 0 Å². The first-order valence-corrected chi connectivity index (χ1v) is 8.08. The molecule has 1 fully saturated rings. The third-order valence-corrected chi connectivity index (χ3v) is 4.30. The van der Waals surface area contributed by atoms with Crippen molar-refractivity contribution in [3.05, 3.63) is 57.6 Å². The third-order valence-electron chi connectivity index (χ3n) is 3.33. The van der Waals surface area contributed by atoms with Crippen molar-refractivity contribution in [3.8, 4) is 5.75 Å². The number of hydrogen-bond acceptors (Lipinski definition) is 4. The lowest BCUT2D eigenvalue weighted by atomic mass is 10.3. The highest BCUT2D eigenvalue weighted by Gasteiger charge is 2.27. The molecule has 0 saturated carbocycles. The van der Waals surface area contributed by atoms with E-state index in [0.717, 1.165) is 0 Å². The fraction of sp³-hybridized carbons (Fsp3) is 0.125. The second kappa shape index (κ2) is 6.84. The number of benzene rings is 1. The van der Waals surface area contributed by atoms with Crippen LogP contribution in [0.4, 0.5) is 0 Å². The number of nitrogens with one attached hydrogen (secondary N) is 1. The lowest BCUT2D eigenvalue weighted by Gasteiger charge is -2.07. The smallest absolute Gasteiger partial charge is 0.276 e. The molecular formula is C16H12Cl2N2O3S. The maximum atomic E-state index is 11.9. The van der Waals surface area contributed by atoms with Crippen LogP contribution in [-0.4, -0.2) is 23.0 Å². The van der Waals surface area contributed by atoms with Gasteiger partial charge in [-0.2, -0.15) is 0 Å². The Balaban J connectivity index is 1.71. The van der Waals surface area contributed by atoms with Gasteiger partial charge >= 0.3 is 0 Å².